The van der Waals surface area contributed by atoms with Gasteiger partial charge in [0.1, 0.15) is 0 Å². The van der Waals surface area contributed by atoms with Crippen LogP contribution in [0.5, 0.6) is 0 Å². The fraction of sp³-hybridized carbons (Fsp3) is 0.357. The second-order valence-corrected chi connectivity index (χ2v) is 6.70. The molecule has 0 amide bonds. The fourth-order valence-electron chi connectivity index (χ4n) is 2.29. The second-order valence-electron chi connectivity index (χ2n) is 4.90. The standard InChI is InChI=1S/C14H17ClN6S.HI/c15-12-3-2-11(22-12)10-19-13(16)20-6-8-21(9-7-20)14-17-4-1-5-18-14;/h1-5H,6-10H2,(H2,16,19);1H. The predicted molar refractivity (Wildman–Crippen MR) is 106 cm³/mol. The minimum atomic E-state index is 0. The van der Waals surface area contributed by atoms with Crippen molar-refractivity contribution in [3.05, 3.63) is 39.8 Å². The molecule has 0 aliphatic carbocycles. The Kier molecular flexibility index (Phi) is 6.85. The highest BCUT2D eigenvalue weighted by atomic mass is 127. The van der Waals surface area contributed by atoms with Crippen molar-refractivity contribution in [2.75, 3.05) is 31.1 Å². The van der Waals surface area contributed by atoms with Gasteiger partial charge in [-0.05, 0) is 18.2 Å². The molecule has 0 unspecified atom stereocenters. The zero-order chi connectivity index (χ0) is 15.4. The molecule has 23 heavy (non-hydrogen) atoms. The summed E-state index contributed by atoms with van der Waals surface area (Å²) >= 11 is 7.44. The van der Waals surface area contributed by atoms with Crippen LogP contribution in [0.3, 0.4) is 0 Å². The summed E-state index contributed by atoms with van der Waals surface area (Å²) in [6.45, 7) is 3.89. The van der Waals surface area contributed by atoms with Gasteiger partial charge in [0.05, 0.1) is 10.9 Å². The Balaban J connectivity index is 0.00000192. The van der Waals surface area contributed by atoms with Crippen molar-refractivity contribution in [1.82, 2.24) is 14.9 Å². The second kappa shape index (κ2) is 8.65. The summed E-state index contributed by atoms with van der Waals surface area (Å²) in [5, 5.41) is 0. The molecule has 0 saturated carbocycles. The van der Waals surface area contributed by atoms with Crippen LogP contribution in [0.15, 0.2) is 35.6 Å². The highest BCUT2D eigenvalue weighted by Crippen LogP contribution is 2.22. The van der Waals surface area contributed by atoms with E-state index in [9.17, 15) is 0 Å². The van der Waals surface area contributed by atoms with Gasteiger partial charge in [-0.1, -0.05) is 11.6 Å². The SMILES string of the molecule is I.NC(=NCc1ccc(Cl)s1)N1CCN(c2ncccn2)CC1. The lowest BCUT2D eigenvalue weighted by Crippen LogP contribution is -2.51. The molecule has 9 heteroatoms. The van der Waals surface area contributed by atoms with Crippen molar-refractivity contribution >= 4 is 58.8 Å². The maximum absolute atomic E-state index is 6.08. The molecule has 0 spiro atoms. The number of aliphatic imine (C=N–C) groups is 1. The Morgan fingerprint density at radius 3 is 2.52 bits per heavy atom. The quantitative estimate of drug-likeness (QED) is 0.429. The number of nitrogens with two attached hydrogens (primary N) is 1. The molecule has 2 aromatic heterocycles. The predicted octanol–water partition coefficient (Wildman–Crippen LogP) is 2.45. The van der Waals surface area contributed by atoms with Gasteiger partial charge < -0.3 is 15.5 Å². The molecule has 2 aromatic rings. The van der Waals surface area contributed by atoms with Crippen molar-refractivity contribution in [3.63, 3.8) is 0 Å². The van der Waals surface area contributed by atoms with Crippen LogP contribution in [0.4, 0.5) is 5.95 Å². The van der Waals surface area contributed by atoms with Crippen molar-refractivity contribution in [1.29, 1.82) is 0 Å². The van der Waals surface area contributed by atoms with Gasteiger partial charge in [0, 0.05) is 43.4 Å². The maximum Gasteiger partial charge on any atom is 0.225 e. The average Bonchev–Trinajstić information content (AvgIpc) is 2.99. The smallest absolute Gasteiger partial charge is 0.225 e. The van der Waals surface area contributed by atoms with Gasteiger partial charge in [0.15, 0.2) is 5.96 Å². The number of guanidine groups is 1. The number of hydrogen-bond donors (Lipinski definition) is 1. The summed E-state index contributed by atoms with van der Waals surface area (Å²) in [6.07, 6.45) is 3.52. The summed E-state index contributed by atoms with van der Waals surface area (Å²) in [5.74, 6) is 1.35. The Morgan fingerprint density at radius 1 is 1.22 bits per heavy atom. The molecule has 0 bridgehead atoms. The van der Waals surface area contributed by atoms with Gasteiger partial charge >= 0.3 is 0 Å². The van der Waals surface area contributed by atoms with Crippen LogP contribution in [-0.2, 0) is 6.54 Å². The van der Waals surface area contributed by atoms with Gasteiger partial charge in [0.25, 0.3) is 0 Å². The zero-order valence-electron chi connectivity index (χ0n) is 12.4. The van der Waals surface area contributed by atoms with Crippen LogP contribution in [0.1, 0.15) is 4.88 Å². The van der Waals surface area contributed by atoms with E-state index < -0.39 is 0 Å². The lowest BCUT2D eigenvalue weighted by atomic mass is 10.3. The van der Waals surface area contributed by atoms with E-state index in [-0.39, 0.29) is 24.0 Å². The Bertz CT molecular complexity index is 642. The summed E-state index contributed by atoms with van der Waals surface area (Å²) in [7, 11) is 0. The lowest BCUT2D eigenvalue weighted by Gasteiger charge is -2.35. The summed E-state index contributed by atoms with van der Waals surface area (Å²) in [4.78, 5) is 18.4. The Hall–Kier alpha value is -1.13. The maximum atomic E-state index is 6.08. The van der Waals surface area contributed by atoms with E-state index in [4.69, 9.17) is 17.3 Å². The number of hydrogen-bond acceptors (Lipinski definition) is 5. The molecule has 0 radical (unpaired) electrons. The molecule has 1 aliphatic rings. The third-order valence-corrected chi connectivity index (χ3v) is 4.68. The van der Waals surface area contributed by atoms with Crippen LogP contribution in [0.25, 0.3) is 0 Å². The first-order valence-electron chi connectivity index (χ1n) is 7.03. The minimum absolute atomic E-state index is 0. The first-order chi connectivity index (χ1) is 10.7. The zero-order valence-corrected chi connectivity index (χ0v) is 16.3. The molecule has 124 valence electrons. The number of piperazine rings is 1. The van der Waals surface area contributed by atoms with Gasteiger partial charge in [-0.15, -0.1) is 35.3 Å². The molecule has 0 aromatic carbocycles. The molecule has 1 saturated heterocycles. The lowest BCUT2D eigenvalue weighted by molar-refractivity contribution is 0.378. The summed E-state index contributed by atoms with van der Waals surface area (Å²) in [6, 6.07) is 5.68. The van der Waals surface area contributed by atoms with E-state index in [0.717, 1.165) is 41.3 Å². The van der Waals surface area contributed by atoms with Crippen LogP contribution in [0.2, 0.25) is 4.34 Å². The number of anilines is 1. The van der Waals surface area contributed by atoms with E-state index >= 15 is 0 Å². The largest absolute Gasteiger partial charge is 0.370 e. The molecule has 3 rings (SSSR count). The van der Waals surface area contributed by atoms with Crippen molar-refractivity contribution < 1.29 is 0 Å². The molecule has 3 heterocycles. The van der Waals surface area contributed by atoms with E-state index in [0.29, 0.717) is 12.5 Å². The summed E-state index contributed by atoms with van der Waals surface area (Å²) in [5.41, 5.74) is 6.08. The number of nitrogens with zero attached hydrogens (tertiary/aromatic N) is 5. The van der Waals surface area contributed by atoms with Crippen molar-refractivity contribution in [3.8, 4) is 0 Å². The molecule has 1 fully saturated rings. The number of rotatable bonds is 3. The molecule has 6 nitrogen and oxygen atoms in total. The van der Waals surface area contributed by atoms with Gasteiger partial charge in [0.2, 0.25) is 5.95 Å². The fourth-order valence-corrected chi connectivity index (χ4v) is 3.30. The first-order valence-corrected chi connectivity index (χ1v) is 8.23. The van der Waals surface area contributed by atoms with Crippen LogP contribution in [0, 0.1) is 0 Å². The van der Waals surface area contributed by atoms with E-state index in [1.54, 1.807) is 12.4 Å². The van der Waals surface area contributed by atoms with E-state index in [2.05, 4.69) is 24.8 Å². The molecular formula is C14H18ClIN6S. The third-order valence-electron chi connectivity index (χ3n) is 3.46. The highest BCUT2D eigenvalue weighted by molar-refractivity contribution is 14.0. The molecule has 2 N–H and O–H groups in total. The topological polar surface area (TPSA) is 70.6 Å². The molecule has 1 aliphatic heterocycles. The monoisotopic (exact) mass is 464 g/mol. The number of thiophene rings is 1. The normalized spacial score (nSPS) is 15.4. The number of halogens is 2. The van der Waals surface area contributed by atoms with Crippen LogP contribution >= 0.6 is 46.9 Å². The Morgan fingerprint density at radius 2 is 1.91 bits per heavy atom. The van der Waals surface area contributed by atoms with Gasteiger partial charge in [-0.3, -0.25) is 0 Å². The molecule has 0 atom stereocenters. The third kappa shape index (κ3) is 4.92. The molecular weight excluding hydrogens is 447 g/mol. The van der Waals surface area contributed by atoms with Crippen molar-refractivity contribution in [2.45, 2.75) is 6.54 Å². The first kappa shape index (κ1) is 18.2. The van der Waals surface area contributed by atoms with E-state index in [1.807, 2.05) is 18.2 Å². The highest BCUT2D eigenvalue weighted by Gasteiger charge is 2.19. The van der Waals surface area contributed by atoms with Gasteiger partial charge in [-0.2, -0.15) is 0 Å². The summed E-state index contributed by atoms with van der Waals surface area (Å²) < 4.78 is 0.778. The van der Waals surface area contributed by atoms with Crippen LogP contribution < -0.4 is 10.6 Å². The minimum Gasteiger partial charge on any atom is -0.370 e. The van der Waals surface area contributed by atoms with E-state index in [1.165, 1.54) is 11.3 Å². The van der Waals surface area contributed by atoms with Crippen molar-refractivity contribution in [2.24, 2.45) is 10.7 Å². The average molecular weight is 465 g/mol. The van der Waals surface area contributed by atoms with Gasteiger partial charge in [-0.25, -0.2) is 15.0 Å². The number of aromatic nitrogens is 2. The van der Waals surface area contributed by atoms with Crippen LogP contribution in [-0.4, -0.2) is 47.0 Å². The Labute approximate surface area is 161 Å².